The van der Waals surface area contributed by atoms with Crippen LogP contribution >= 0.6 is 15.9 Å². The van der Waals surface area contributed by atoms with Crippen LogP contribution in [-0.4, -0.2) is 9.55 Å². The lowest BCUT2D eigenvalue weighted by molar-refractivity contribution is 0.291. The van der Waals surface area contributed by atoms with Crippen molar-refractivity contribution in [1.29, 1.82) is 0 Å². The van der Waals surface area contributed by atoms with Gasteiger partial charge in [0.15, 0.2) is 0 Å². The van der Waals surface area contributed by atoms with Crippen molar-refractivity contribution < 1.29 is 4.74 Å². The maximum absolute atomic E-state index is 5.99. The van der Waals surface area contributed by atoms with E-state index >= 15 is 0 Å². The quantitative estimate of drug-likeness (QED) is 0.422. The summed E-state index contributed by atoms with van der Waals surface area (Å²) >= 11 is 3.55. The van der Waals surface area contributed by atoms with Crippen molar-refractivity contribution in [3.8, 4) is 5.75 Å². The van der Waals surface area contributed by atoms with Crippen LogP contribution in [0.5, 0.6) is 5.75 Å². The maximum Gasteiger partial charge on any atom is 0.148 e. The first-order valence-electron chi connectivity index (χ1n) is 8.57. The second-order valence-corrected chi connectivity index (χ2v) is 7.25. The molecule has 1 aromatic heterocycles. The average molecular weight is 407 g/mol. The third kappa shape index (κ3) is 3.65. The van der Waals surface area contributed by atoms with Crippen LogP contribution in [0.3, 0.4) is 0 Å². The minimum atomic E-state index is 0.436. The summed E-state index contributed by atoms with van der Waals surface area (Å²) in [4.78, 5) is 4.79. The van der Waals surface area contributed by atoms with E-state index in [0.29, 0.717) is 6.61 Å². The van der Waals surface area contributed by atoms with Gasteiger partial charge in [-0.1, -0.05) is 57.9 Å². The Morgan fingerprint density at radius 1 is 0.962 bits per heavy atom. The molecule has 3 nitrogen and oxygen atoms in total. The van der Waals surface area contributed by atoms with Gasteiger partial charge in [0.1, 0.15) is 18.2 Å². The first kappa shape index (κ1) is 16.9. The lowest BCUT2D eigenvalue weighted by atomic mass is 10.2. The standard InChI is InChI=1S/C22H19BrN2O/c1-16-9-11-19(12-10-16)26-15-22-24-20-7-2-3-8-21(20)25(22)14-17-5-4-6-18(23)13-17/h2-13H,14-15H2,1H3. The van der Waals surface area contributed by atoms with Gasteiger partial charge in [0.2, 0.25) is 0 Å². The number of ether oxygens (including phenoxy) is 1. The van der Waals surface area contributed by atoms with Gasteiger partial charge in [-0.2, -0.15) is 0 Å². The molecule has 0 unspecified atom stereocenters. The highest BCUT2D eigenvalue weighted by Gasteiger charge is 2.12. The van der Waals surface area contributed by atoms with Gasteiger partial charge < -0.3 is 9.30 Å². The van der Waals surface area contributed by atoms with Crippen LogP contribution in [0.25, 0.3) is 11.0 Å². The van der Waals surface area contributed by atoms with Crippen LogP contribution in [0.4, 0.5) is 0 Å². The third-order valence-corrected chi connectivity index (χ3v) is 4.85. The van der Waals surface area contributed by atoms with E-state index in [2.05, 4.69) is 63.8 Å². The molecule has 4 aromatic rings. The van der Waals surface area contributed by atoms with Crippen LogP contribution in [-0.2, 0) is 13.2 Å². The topological polar surface area (TPSA) is 27.1 Å². The van der Waals surface area contributed by atoms with Crippen molar-refractivity contribution in [1.82, 2.24) is 9.55 Å². The Balaban J connectivity index is 1.65. The maximum atomic E-state index is 5.99. The molecule has 4 heteroatoms. The number of benzene rings is 3. The van der Waals surface area contributed by atoms with Crippen LogP contribution in [0.2, 0.25) is 0 Å². The highest BCUT2D eigenvalue weighted by molar-refractivity contribution is 9.10. The van der Waals surface area contributed by atoms with Crippen molar-refractivity contribution in [3.63, 3.8) is 0 Å². The molecule has 0 radical (unpaired) electrons. The van der Waals surface area contributed by atoms with Gasteiger partial charge in [-0.15, -0.1) is 0 Å². The van der Waals surface area contributed by atoms with Gasteiger partial charge in [0.05, 0.1) is 11.0 Å². The molecule has 0 fully saturated rings. The predicted molar refractivity (Wildman–Crippen MR) is 108 cm³/mol. The minimum Gasteiger partial charge on any atom is -0.486 e. The molecular weight excluding hydrogens is 388 g/mol. The van der Waals surface area contributed by atoms with Crippen molar-refractivity contribution in [2.75, 3.05) is 0 Å². The Kier molecular flexibility index (Phi) is 4.76. The summed E-state index contributed by atoms with van der Waals surface area (Å²) < 4.78 is 9.29. The average Bonchev–Trinajstić information content (AvgIpc) is 2.99. The molecule has 0 spiro atoms. The SMILES string of the molecule is Cc1ccc(OCc2nc3ccccc3n2Cc2cccc(Br)c2)cc1. The predicted octanol–water partition coefficient (Wildman–Crippen LogP) is 5.73. The van der Waals surface area contributed by atoms with Gasteiger partial charge in [-0.3, -0.25) is 0 Å². The van der Waals surface area contributed by atoms with E-state index in [1.165, 1.54) is 11.1 Å². The molecule has 0 aliphatic heterocycles. The fraction of sp³-hybridized carbons (Fsp3) is 0.136. The zero-order chi connectivity index (χ0) is 17.9. The van der Waals surface area contributed by atoms with Crippen molar-refractivity contribution in [2.45, 2.75) is 20.1 Å². The van der Waals surface area contributed by atoms with E-state index in [1.807, 2.05) is 36.4 Å². The molecule has 130 valence electrons. The van der Waals surface area contributed by atoms with Crippen molar-refractivity contribution >= 4 is 27.0 Å². The number of halogens is 1. The highest BCUT2D eigenvalue weighted by Crippen LogP contribution is 2.21. The zero-order valence-corrected chi connectivity index (χ0v) is 16.1. The molecule has 0 saturated heterocycles. The van der Waals surface area contributed by atoms with E-state index in [1.54, 1.807) is 0 Å². The summed E-state index contributed by atoms with van der Waals surface area (Å²) in [6.07, 6.45) is 0. The van der Waals surface area contributed by atoms with Crippen molar-refractivity contribution in [3.05, 3.63) is 94.2 Å². The number of imidazole rings is 1. The van der Waals surface area contributed by atoms with Crippen molar-refractivity contribution in [2.24, 2.45) is 0 Å². The molecule has 0 aliphatic carbocycles. The smallest absolute Gasteiger partial charge is 0.148 e. The molecule has 0 saturated carbocycles. The molecule has 0 aliphatic rings. The molecule has 0 bridgehead atoms. The Hall–Kier alpha value is -2.59. The number of hydrogen-bond acceptors (Lipinski definition) is 2. The summed E-state index contributed by atoms with van der Waals surface area (Å²) in [5.41, 5.74) is 4.55. The second-order valence-electron chi connectivity index (χ2n) is 6.33. The molecule has 0 N–H and O–H groups in total. The van der Waals surface area contributed by atoms with Crippen LogP contribution in [0, 0.1) is 6.92 Å². The number of aryl methyl sites for hydroxylation is 1. The minimum absolute atomic E-state index is 0.436. The fourth-order valence-electron chi connectivity index (χ4n) is 3.01. The second kappa shape index (κ2) is 7.34. The summed E-state index contributed by atoms with van der Waals surface area (Å²) in [6.45, 7) is 3.26. The Bertz CT molecular complexity index is 1040. The van der Waals surface area contributed by atoms with Gasteiger partial charge in [-0.05, 0) is 48.9 Å². The molecule has 1 heterocycles. The van der Waals surface area contributed by atoms with Crippen LogP contribution in [0.15, 0.2) is 77.3 Å². The summed E-state index contributed by atoms with van der Waals surface area (Å²) in [6, 6.07) is 24.7. The van der Waals surface area contributed by atoms with E-state index < -0.39 is 0 Å². The molecule has 0 amide bonds. The van der Waals surface area contributed by atoms with Gasteiger partial charge in [0.25, 0.3) is 0 Å². The number of fused-ring (bicyclic) bond motifs is 1. The van der Waals surface area contributed by atoms with E-state index in [-0.39, 0.29) is 0 Å². The van der Waals surface area contributed by atoms with Crippen LogP contribution < -0.4 is 4.74 Å². The summed E-state index contributed by atoms with van der Waals surface area (Å²) in [7, 11) is 0. The third-order valence-electron chi connectivity index (χ3n) is 4.35. The molecule has 4 rings (SSSR count). The molecular formula is C22H19BrN2O. The lowest BCUT2D eigenvalue weighted by Gasteiger charge is -2.11. The molecule has 3 aromatic carbocycles. The Morgan fingerprint density at radius 2 is 1.77 bits per heavy atom. The fourth-order valence-corrected chi connectivity index (χ4v) is 3.46. The monoisotopic (exact) mass is 406 g/mol. The first-order chi connectivity index (χ1) is 12.7. The van der Waals surface area contributed by atoms with E-state index in [4.69, 9.17) is 9.72 Å². The van der Waals surface area contributed by atoms with Crippen LogP contribution in [0.1, 0.15) is 17.0 Å². The number of rotatable bonds is 5. The van der Waals surface area contributed by atoms with E-state index in [0.717, 1.165) is 33.6 Å². The Labute approximate surface area is 161 Å². The number of aromatic nitrogens is 2. The van der Waals surface area contributed by atoms with E-state index in [9.17, 15) is 0 Å². The zero-order valence-electron chi connectivity index (χ0n) is 14.5. The number of para-hydroxylation sites is 2. The molecule has 0 atom stereocenters. The Morgan fingerprint density at radius 3 is 2.58 bits per heavy atom. The highest BCUT2D eigenvalue weighted by atomic mass is 79.9. The number of hydrogen-bond donors (Lipinski definition) is 0. The number of nitrogens with zero attached hydrogens (tertiary/aromatic N) is 2. The molecule has 26 heavy (non-hydrogen) atoms. The summed E-state index contributed by atoms with van der Waals surface area (Å²) in [5.74, 6) is 1.78. The van der Waals surface area contributed by atoms with Gasteiger partial charge in [-0.25, -0.2) is 4.98 Å². The van der Waals surface area contributed by atoms with Gasteiger partial charge >= 0.3 is 0 Å². The lowest BCUT2D eigenvalue weighted by Crippen LogP contribution is -2.08. The normalized spacial score (nSPS) is 11.0. The van der Waals surface area contributed by atoms with Gasteiger partial charge in [0, 0.05) is 11.0 Å². The summed E-state index contributed by atoms with van der Waals surface area (Å²) in [5, 5.41) is 0. The first-order valence-corrected chi connectivity index (χ1v) is 9.36. The largest absolute Gasteiger partial charge is 0.486 e.